The average molecular weight is 462 g/mol. The summed E-state index contributed by atoms with van der Waals surface area (Å²) in [5, 5.41) is 0. The molecule has 3 aromatic carbocycles. The number of esters is 2. The van der Waals surface area contributed by atoms with Crippen LogP contribution >= 0.6 is 15.9 Å². The van der Waals surface area contributed by atoms with Gasteiger partial charge in [0.25, 0.3) is 0 Å². The van der Waals surface area contributed by atoms with E-state index >= 15 is 0 Å². The number of aryl methyl sites for hydroxylation is 1. The van der Waals surface area contributed by atoms with Crippen molar-refractivity contribution >= 4 is 39.8 Å². The first-order valence-electron chi connectivity index (χ1n) is 9.15. The molecule has 0 saturated carbocycles. The van der Waals surface area contributed by atoms with Crippen LogP contribution in [-0.4, -0.2) is 17.8 Å². The van der Waals surface area contributed by atoms with Gasteiger partial charge in [-0.1, -0.05) is 51.8 Å². The molecule has 0 amide bonds. The van der Waals surface area contributed by atoms with Crippen LogP contribution in [0, 0.1) is 6.92 Å². The summed E-state index contributed by atoms with van der Waals surface area (Å²) in [6.45, 7) is 1.96. The summed E-state index contributed by atoms with van der Waals surface area (Å²) in [6.07, 6.45) is 1.63. The molecule has 4 rings (SSSR count). The van der Waals surface area contributed by atoms with Gasteiger partial charge in [-0.05, 0) is 61.0 Å². The van der Waals surface area contributed by atoms with Crippen molar-refractivity contribution in [2.75, 3.05) is 0 Å². The Morgan fingerprint density at radius 2 is 1.80 bits per heavy atom. The zero-order chi connectivity index (χ0) is 21.1. The van der Waals surface area contributed by atoms with Crippen molar-refractivity contribution in [1.82, 2.24) is 0 Å². The predicted molar refractivity (Wildman–Crippen MR) is 117 cm³/mol. The fourth-order valence-electron chi connectivity index (χ4n) is 2.88. The Morgan fingerprint density at radius 1 is 1.03 bits per heavy atom. The number of hydrogen-bond donors (Lipinski definition) is 0. The molecule has 1 heterocycles. The van der Waals surface area contributed by atoms with Crippen molar-refractivity contribution in [3.05, 3.63) is 105 Å². The van der Waals surface area contributed by atoms with Crippen LogP contribution in [0.15, 0.2) is 88.0 Å². The molecule has 0 atom stereocenters. The molecule has 0 spiro atoms. The van der Waals surface area contributed by atoms with Crippen LogP contribution in [0.5, 0.6) is 5.75 Å². The minimum Gasteiger partial charge on any atom is -0.423 e. The molecule has 0 bridgehead atoms. The van der Waals surface area contributed by atoms with Crippen LogP contribution in [0.1, 0.15) is 27.0 Å². The molecule has 0 radical (unpaired) electrons. The molecule has 0 fully saturated rings. The van der Waals surface area contributed by atoms with Gasteiger partial charge in [0.2, 0.25) is 5.90 Å². The van der Waals surface area contributed by atoms with Crippen LogP contribution in [-0.2, 0) is 9.53 Å². The van der Waals surface area contributed by atoms with Gasteiger partial charge in [0.05, 0.1) is 5.56 Å². The number of hydrogen-bond acceptors (Lipinski definition) is 5. The van der Waals surface area contributed by atoms with Crippen molar-refractivity contribution < 1.29 is 19.1 Å². The van der Waals surface area contributed by atoms with Gasteiger partial charge in [-0.3, -0.25) is 0 Å². The number of nitrogens with zero attached hydrogens (tertiary/aromatic N) is 1. The van der Waals surface area contributed by atoms with Crippen molar-refractivity contribution in [2.24, 2.45) is 4.99 Å². The third kappa shape index (κ3) is 4.55. The Morgan fingerprint density at radius 3 is 2.53 bits per heavy atom. The minimum atomic E-state index is -0.503. The molecule has 1 aliphatic heterocycles. The molecule has 148 valence electrons. The number of ether oxygens (including phenoxy) is 2. The second kappa shape index (κ2) is 8.47. The van der Waals surface area contributed by atoms with Crippen LogP contribution in [0.2, 0.25) is 0 Å². The smallest absolute Gasteiger partial charge is 0.363 e. The second-order valence-electron chi connectivity index (χ2n) is 6.67. The number of carbonyl (C=O) groups excluding carboxylic acids is 2. The van der Waals surface area contributed by atoms with Gasteiger partial charge in [-0.2, -0.15) is 0 Å². The van der Waals surface area contributed by atoms with Gasteiger partial charge in [-0.25, -0.2) is 14.6 Å². The van der Waals surface area contributed by atoms with E-state index in [-0.39, 0.29) is 11.6 Å². The Balaban J connectivity index is 1.49. The van der Waals surface area contributed by atoms with Crippen molar-refractivity contribution in [2.45, 2.75) is 6.92 Å². The molecule has 0 unspecified atom stereocenters. The van der Waals surface area contributed by atoms with E-state index in [4.69, 9.17) is 9.47 Å². The van der Waals surface area contributed by atoms with Gasteiger partial charge in [0.15, 0.2) is 5.70 Å². The molecule has 0 aromatic heterocycles. The van der Waals surface area contributed by atoms with Gasteiger partial charge in [0, 0.05) is 10.0 Å². The van der Waals surface area contributed by atoms with Crippen LogP contribution < -0.4 is 4.74 Å². The third-order valence-corrected chi connectivity index (χ3v) is 4.83. The summed E-state index contributed by atoms with van der Waals surface area (Å²) < 4.78 is 11.5. The summed E-state index contributed by atoms with van der Waals surface area (Å²) in [6, 6.07) is 21.4. The van der Waals surface area contributed by atoms with Gasteiger partial charge in [0.1, 0.15) is 5.75 Å². The average Bonchev–Trinajstić information content (AvgIpc) is 3.10. The zero-order valence-electron chi connectivity index (χ0n) is 16.0. The number of benzene rings is 3. The molecule has 0 N–H and O–H groups in total. The highest BCUT2D eigenvalue weighted by Gasteiger charge is 2.24. The zero-order valence-corrected chi connectivity index (χ0v) is 17.5. The maximum absolute atomic E-state index is 12.2. The lowest BCUT2D eigenvalue weighted by molar-refractivity contribution is -0.129. The van der Waals surface area contributed by atoms with E-state index in [0.717, 1.165) is 21.2 Å². The highest BCUT2D eigenvalue weighted by atomic mass is 79.9. The lowest BCUT2D eigenvalue weighted by Gasteiger charge is -2.05. The fraction of sp³-hybridized carbons (Fsp3) is 0.0417. The second-order valence-corrected chi connectivity index (χ2v) is 7.59. The summed E-state index contributed by atoms with van der Waals surface area (Å²) in [7, 11) is 0. The highest BCUT2D eigenvalue weighted by molar-refractivity contribution is 9.10. The molecule has 6 heteroatoms. The van der Waals surface area contributed by atoms with Crippen LogP contribution in [0.25, 0.3) is 6.08 Å². The first-order valence-corrected chi connectivity index (χ1v) is 9.95. The monoisotopic (exact) mass is 461 g/mol. The Hall–Kier alpha value is -3.51. The predicted octanol–water partition coefficient (Wildman–Crippen LogP) is 5.32. The first-order chi connectivity index (χ1) is 14.5. The number of rotatable bonds is 4. The standard InChI is InChI=1S/C24H16BrNO4/c1-15-4-2-5-17(12-15)22-26-21(24(28)30-22)13-16-8-10-20(11-9-16)29-23(27)18-6-3-7-19(25)14-18/h2-14H,1H3/b21-13-. The molecule has 30 heavy (non-hydrogen) atoms. The maximum Gasteiger partial charge on any atom is 0.363 e. The minimum absolute atomic E-state index is 0.213. The Labute approximate surface area is 181 Å². The van der Waals surface area contributed by atoms with E-state index in [1.807, 2.05) is 37.3 Å². The SMILES string of the molecule is Cc1cccc(C2=N/C(=C\c3ccc(OC(=O)c4cccc(Br)c4)cc3)C(=O)O2)c1. The van der Waals surface area contributed by atoms with E-state index in [9.17, 15) is 9.59 Å². The lowest BCUT2D eigenvalue weighted by Crippen LogP contribution is -2.08. The first kappa shape index (κ1) is 19.8. The molecule has 0 saturated heterocycles. The third-order valence-electron chi connectivity index (χ3n) is 4.34. The van der Waals surface area contributed by atoms with Crippen molar-refractivity contribution in [3.8, 4) is 5.75 Å². The van der Waals surface area contributed by atoms with Crippen LogP contribution in [0.4, 0.5) is 0 Å². The van der Waals surface area contributed by atoms with Crippen LogP contribution in [0.3, 0.4) is 0 Å². The summed E-state index contributed by atoms with van der Waals surface area (Å²) in [5.74, 6) is -0.263. The topological polar surface area (TPSA) is 65.0 Å². The maximum atomic E-state index is 12.2. The molecule has 5 nitrogen and oxygen atoms in total. The molecule has 0 aliphatic carbocycles. The molecular weight excluding hydrogens is 446 g/mol. The highest BCUT2D eigenvalue weighted by Crippen LogP contribution is 2.22. The quantitative estimate of drug-likeness (QED) is 0.299. The lowest BCUT2D eigenvalue weighted by atomic mass is 10.1. The Bertz CT molecular complexity index is 1200. The number of carbonyl (C=O) groups is 2. The normalized spacial score (nSPS) is 14.4. The number of cyclic esters (lactones) is 1. The van der Waals surface area contributed by atoms with E-state index in [1.165, 1.54) is 0 Å². The Kier molecular flexibility index (Phi) is 5.59. The fourth-order valence-corrected chi connectivity index (χ4v) is 3.28. The van der Waals surface area contributed by atoms with Crippen molar-refractivity contribution in [3.63, 3.8) is 0 Å². The summed E-state index contributed by atoms with van der Waals surface area (Å²) in [5.41, 5.74) is 3.20. The number of halogens is 1. The largest absolute Gasteiger partial charge is 0.423 e. The van der Waals surface area contributed by atoms with E-state index in [2.05, 4.69) is 20.9 Å². The molecule has 3 aromatic rings. The van der Waals surface area contributed by atoms with E-state index in [1.54, 1.807) is 48.5 Å². The molecular formula is C24H16BrNO4. The van der Waals surface area contributed by atoms with E-state index < -0.39 is 11.9 Å². The number of aliphatic imine (C=N–C) groups is 1. The van der Waals surface area contributed by atoms with Gasteiger partial charge < -0.3 is 9.47 Å². The summed E-state index contributed by atoms with van der Waals surface area (Å²) in [4.78, 5) is 28.7. The van der Waals surface area contributed by atoms with Gasteiger partial charge >= 0.3 is 11.9 Å². The van der Waals surface area contributed by atoms with Crippen molar-refractivity contribution in [1.29, 1.82) is 0 Å². The summed E-state index contributed by atoms with van der Waals surface area (Å²) >= 11 is 3.33. The van der Waals surface area contributed by atoms with E-state index in [0.29, 0.717) is 11.3 Å². The molecule has 1 aliphatic rings. The van der Waals surface area contributed by atoms with Gasteiger partial charge in [-0.15, -0.1) is 0 Å².